The highest BCUT2D eigenvalue weighted by atomic mass is 16.5. The minimum absolute atomic E-state index is 0.0784. The highest BCUT2D eigenvalue weighted by Crippen LogP contribution is 2.58. The maximum Gasteiger partial charge on any atom is 0.116 e. The highest BCUT2D eigenvalue weighted by Gasteiger charge is 2.62. The maximum atomic E-state index is 10.4. The largest absolute Gasteiger partial charge is 0.508 e. The van der Waals surface area contributed by atoms with Crippen LogP contribution in [0.3, 0.4) is 0 Å². The van der Waals surface area contributed by atoms with Crippen molar-refractivity contribution in [2.75, 3.05) is 7.05 Å². The zero-order valence-electron chi connectivity index (χ0n) is 19.3. The Hall–Kier alpha value is -1.54. The number of phenolic OH excluding ortho intramolecular Hbond substituents is 1. The first kappa shape index (κ1) is 21.3. The second-order valence-electron chi connectivity index (χ2n) is 11.1. The van der Waals surface area contributed by atoms with Crippen LogP contribution < -0.4 is 11.1 Å². The molecule has 31 heavy (non-hydrogen) atoms. The zero-order valence-corrected chi connectivity index (χ0v) is 19.3. The van der Waals surface area contributed by atoms with Gasteiger partial charge in [-0.05, 0) is 93.7 Å². The Morgan fingerprint density at radius 2 is 2.10 bits per heavy atom. The number of rotatable bonds is 2. The average molecular weight is 423 g/mol. The van der Waals surface area contributed by atoms with E-state index in [1.807, 2.05) is 19.2 Å². The molecule has 1 aromatic carbocycles. The normalized spacial score (nSPS) is 38.3. The van der Waals surface area contributed by atoms with E-state index in [0.29, 0.717) is 29.9 Å². The predicted octanol–water partition coefficient (Wildman–Crippen LogP) is 3.92. The lowest BCUT2D eigenvalue weighted by atomic mass is 9.54. The first-order valence-corrected chi connectivity index (χ1v) is 12.3. The molecule has 0 unspecified atom stereocenters. The Bertz CT molecular complexity index is 914. The van der Waals surface area contributed by atoms with E-state index in [9.17, 15) is 5.11 Å². The summed E-state index contributed by atoms with van der Waals surface area (Å²) < 4.78 is 7.02. The van der Waals surface area contributed by atoms with Gasteiger partial charge in [-0.3, -0.25) is 0 Å². The smallest absolute Gasteiger partial charge is 0.116 e. The lowest BCUT2D eigenvalue weighted by Crippen LogP contribution is -2.71. The molecular formula is C27H38N2O2. The Balaban J connectivity index is 1.60. The van der Waals surface area contributed by atoms with Gasteiger partial charge in [0.25, 0.3) is 0 Å². The monoisotopic (exact) mass is 422 g/mol. The van der Waals surface area contributed by atoms with Gasteiger partial charge in [0.1, 0.15) is 5.75 Å². The van der Waals surface area contributed by atoms with Crippen LogP contribution in [0.4, 0.5) is 0 Å². The third-order valence-corrected chi connectivity index (χ3v) is 8.86. The number of ether oxygens (including phenoxy) is 1. The molecule has 1 spiro atoms. The molecule has 2 aliphatic heterocycles. The van der Waals surface area contributed by atoms with Gasteiger partial charge in [0.05, 0.1) is 17.1 Å². The van der Waals surface area contributed by atoms with E-state index in [2.05, 4.69) is 31.0 Å². The third kappa shape index (κ3) is 3.50. The molecule has 6 rings (SSSR count). The lowest BCUT2D eigenvalue weighted by molar-refractivity contribution is -0.285. The number of benzene rings is 1. The third-order valence-electron chi connectivity index (χ3n) is 8.86. The van der Waals surface area contributed by atoms with Crippen LogP contribution >= 0.6 is 0 Å². The van der Waals surface area contributed by atoms with Crippen LogP contribution in [0.1, 0.15) is 69.1 Å². The van der Waals surface area contributed by atoms with E-state index >= 15 is 0 Å². The number of hydrogen-bond donors (Lipinski definition) is 3. The van der Waals surface area contributed by atoms with Gasteiger partial charge < -0.3 is 20.9 Å². The molecule has 4 heteroatoms. The molecule has 6 atom stereocenters. The number of nitrogens with two attached hydrogens (primary N) is 1. The van der Waals surface area contributed by atoms with E-state index in [4.69, 9.17) is 10.5 Å². The SMILES string of the molecule is CNCc1cc(O)cc2c1C[C@@H]1CCC[C@H](C1)[C@]13CC[C@@H]([C@H](N)[C@H]1C#CC2)C(C)(C)O3. The van der Waals surface area contributed by atoms with Gasteiger partial charge in [0.15, 0.2) is 0 Å². The van der Waals surface area contributed by atoms with Gasteiger partial charge in [0.2, 0.25) is 0 Å². The summed E-state index contributed by atoms with van der Waals surface area (Å²) in [5.41, 5.74) is 10.3. The molecule has 4 bridgehead atoms. The Kier molecular flexibility index (Phi) is 5.36. The summed E-state index contributed by atoms with van der Waals surface area (Å²) in [6, 6.07) is 3.95. The van der Waals surface area contributed by atoms with Gasteiger partial charge >= 0.3 is 0 Å². The van der Waals surface area contributed by atoms with E-state index in [1.54, 1.807) is 0 Å². The van der Waals surface area contributed by atoms with E-state index in [1.165, 1.54) is 42.4 Å². The summed E-state index contributed by atoms with van der Waals surface area (Å²) in [5, 5.41) is 13.7. The van der Waals surface area contributed by atoms with Crippen molar-refractivity contribution < 1.29 is 9.84 Å². The van der Waals surface area contributed by atoms with Crippen molar-refractivity contribution in [3.8, 4) is 17.6 Å². The molecule has 0 aromatic heterocycles. The second-order valence-corrected chi connectivity index (χ2v) is 11.1. The van der Waals surface area contributed by atoms with Crippen molar-refractivity contribution in [3.05, 3.63) is 28.8 Å². The molecular weight excluding hydrogens is 384 g/mol. The van der Waals surface area contributed by atoms with Crippen LogP contribution in [-0.4, -0.2) is 29.4 Å². The topological polar surface area (TPSA) is 67.5 Å². The van der Waals surface area contributed by atoms with Crippen molar-refractivity contribution in [3.63, 3.8) is 0 Å². The summed E-state index contributed by atoms with van der Waals surface area (Å²) in [6.45, 7) is 5.27. The molecule has 0 amide bonds. The summed E-state index contributed by atoms with van der Waals surface area (Å²) in [7, 11) is 1.97. The molecule has 2 saturated carbocycles. The van der Waals surface area contributed by atoms with Gasteiger partial charge in [-0.1, -0.05) is 24.7 Å². The molecule has 5 aliphatic rings. The molecule has 4 N–H and O–H groups in total. The van der Waals surface area contributed by atoms with E-state index in [0.717, 1.165) is 25.8 Å². The molecule has 168 valence electrons. The van der Waals surface area contributed by atoms with E-state index in [-0.39, 0.29) is 23.2 Å². The Labute approximate surface area is 187 Å². The molecule has 0 radical (unpaired) electrons. The Morgan fingerprint density at radius 1 is 1.26 bits per heavy atom. The van der Waals surface area contributed by atoms with Crippen molar-refractivity contribution >= 4 is 0 Å². The fourth-order valence-corrected chi connectivity index (χ4v) is 7.55. The van der Waals surface area contributed by atoms with Gasteiger partial charge in [-0.15, -0.1) is 0 Å². The predicted molar refractivity (Wildman–Crippen MR) is 124 cm³/mol. The number of hydrogen-bond acceptors (Lipinski definition) is 4. The fourth-order valence-electron chi connectivity index (χ4n) is 7.55. The van der Waals surface area contributed by atoms with Crippen LogP contribution in [0.25, 0.3) is 0 Å². The summed E-state index contributed by atoms with van der Waals surface area (Å²) >= 11 is 0. The van der Waals surface area contributed by atoms with Crippen molar-refractivity contribution in [1.29, 1.82) is 0 Å². The molecule has 4 fully saturated rings. The van der Waals surface area contributed by atoms with E-state index < -0.39 is 0 Å². The lowest BCUT2D eigenvalue weighted by Gasteiger charge is -2.63. The van der Waals surface area contributed by atoms with Crippen molar-refractivity contribution in [1.82, 2.24) is 5.32 Å². The molecule has 2 saturated heterocycles. The molecule has 2 heterocycles. The summed E-state index contributed by atoms with van der Waals surface area (Å²) in [4.78, 5) is 0. The van der Waals surface area contributed by atoms with Gasteiger partial charge in [0, 0.05) is 24.9 Å². The first-order chi connectivity index (χ1) is 14.8. The molecule has 4 nitrogen and oxygen atoms in total. The quantitative estimate of drug-likeness (QED) is 0.632. The number of fused-ring (bicyclic) bond motifs is 5. The number of phenols is 1. The first-order valence-electron chi connectivity index (χ1n) is 12.3. The van der Waals surface area contributed by atoms with Gasteiger partial charge in [-0.25, -0.2) is 0 Å². The molecule has 1 aromatic rings. The standard InChI is InChI=1S/C27H38N2O2/c1-26(2)23-10-11-27(31-26)20-8-4-6-17(12-20)13-22-18(7-5-9-24(27)25(23)28)14-21(30)15-19(22)16-29-3/h14-15,17,20,23-25,29-30H,4,6-8,10-13,16,28H2,1-3H3/t17-,20-,23+,24-,25+,27-/m1/s1. The highest BCUT2D eigenvalue weighted by molar-refractivity contribution is 5.44. The summed E-state index contributed by atoms with van der Waals surface area (Å²) in [5.74, 6) is 9.16. The van der Waals surface area contributed by atoms with Crippen molar-refractivity contribution in [2.45, 2.75) is 89.0 Å². The summed E-state index contributed by atoms with van der Waals surface area (Å²) in [6.07, 6.45) is 8.97. The number of nitrogens with one attached hydrogen (secondary N) is 1. The van der Waals surface area contributed by atoms with Crippen LogP contribution in [0.5, 0.6) is 5.75 Å². The van der Waals surface area contributed by atoms with Crippen LogP contribution in [-0.2, 0) is 24.1 Å². The molecule has 3 aliphatic carbocycles. The van der Waals surface area contributed by atoms with Crippen LogP contribution in [0, 0.1) is 35.5 Å². The number of aromatic hydroxyl groups is 1. The minimum Gasteiger partial charge on any atom is -0.508 e. The zero-order chi connectivity index (χ0) is 21.8. The average Bonchev–Trinajstić information content (AvgIpc) is 2.73. The van der Waals surface area contributed by atoms with Crippen LogP contribution in [0.15, 0.2) is 12.1 Å². The fraction of sp³-hybridized carbons (Fsp3) is 0.704. The second kappa shape index (κ2) is 7.80. The maximum absolute atomic E-state index is 10.4. The van der Waals surface area contributed by atoms with Crippen LogP contribution in [0.2, 0.25) is 0 Å². The van der Waals surface area contributed by atoms with Crippen molar-refractivity contribution in [2.24, 2.45) is 29.4 Å². The minimum atomic E-state index is -0.199. The van der Waals surface area contributed by atoms with Gasteiger partial charge in [-0.2, -0.15) is 0 Å². The Morgan fingerprint density at radius 3 is 2.87 bits per heavy atom.